The third kappa shape index (κ3) is 4.26. The number of aromatic nitrogens is 4. The van der Waals surface area contributed by atoms with Crippen molar-refractivity contribution >= 4 is 5.91 Å². The number of piperidine rings is 1. The van der Waals surface area contributed by atoms with Crippen LogP contribution in [-0.2, 0) is 11.2 Å². The number of aryl methyl sites for hydroxylation is 1. The van der Waals surface area contributed by atoms with Crippen LogP contribution in [0.4, 0.5) is 0 Å². The molecule has 1 fully saturated rings. The van der Waals surface area contributed by atoms with E-state index < -0.39 is 0 Å². The van der Waals surface area contributed by atoms with Crippen LogP contribution in [0.2, 0.25) is 0 Å². The van der Waals surface area contributed by atoms with Crippen LogP contribution in [0.5, 0.6) is 0 Å². The Bertz CT molecular complexity index is 405. The molecule has 2 N–H and O–H groups in total. The van der Waals surface area contributed by atoms with Crippen LogP contribution in [0.3, 0.4) is 0 Å². The van der Waals surface area contributed by atoms with Gasteiger partial charge < -0.3 is 10.2 Å². The van der Waals surface area contributed by atoms with Gasteiger partial charge in [-0.3, -0.25) is 4.79 Å². The number of carbonyl (C=O) groups is 1. The molecule has 2 heterocycles. The van der Waals surface area contributed by atoms with E-state index in [0.29, 0.717) is 18.4 Å². The Labute approximate surface area is 119 Å². The second-order valence-corrected chi connectivity index (χ2v) is 5.65. The Morgan fingerprint density at radius 2 is 2.40 bits per heavy atom. The number of rotatable bonds is 6. The highest BCUT2D eigenvalue weighted by Gasteiger charge is 2.26. The lowest BCUT2D eigenvalue weighted by Gasteiger charge is -2.34. The summed E-state index contributed by atoms with van der Waals surface area (Å²) in [6.45, 7) is 7.04. The van der Waals surface area contributed by atoms with Crippen molar-refractivity contribution in [1.29, 1.82) is 0 Å². The molecule has 0 radical (unpaired) electrons. The lowest BCUT2D eigenvalue weighted by Crippen LogP contribution is -2.45. The highest BCUT2D eigenvalue weighted by Crippen LogP contribution is 2.18. The summed E-state index contributed by atoms with van der Waals surface area (Å²) in [7, 11) is 0. The summed E-state index contributed by atoms with van der Waals surface area (Å²) >= 11 is 0. The van der Waals surface area contributed by atoms with Gasteiger partial charge in [0.05, 0.1) is 5.92 Å². The molecule has 0 unspecified atom stereocenters. The molecule has 20 heavy (non-hydrogen) atoms. The van der Waals surface area contributed by atoms with Gasteiger partial charge in [-0.1, -0.05) is 5.21 Å². The number of amides is 1. The van der Waals surface area contributed by atoms with Crippen LogP contribution < -0.4 is 5.32 Å². The molecule has 1 aromatic rings. The molecule has 112 valence electrons. The molecule has 1 aliphatic heterocycles. The molecule has 0 aromatic carbocycles. The van der Waals surface area contributed by atoms with Crippen molar-refractivity contribution < 1.29 is 4.79 Å². The largest absolute Gasteiger partial charge is 0.356 e. The molecule has 0 bridgehead atoms. The zero-order chi connectivity index (χ0) is 14.4. The van der Waals surface area contributed by atoms with Gasteiger partial charge in [-0.2, -0.15) is 5.21 Å². The molecule has 1 saturated heterocycles. The van der Waals surface area contributed by atoms with Crippen LogP contribution in [-0.4, -0.2) is 57.1 Å². The van der Waals surface area contributed by atoms with E-state index in [4.69, 9.17) is 0 Å². The maximum atomic E-state index is 12.1. The number of hydrogen-bond acceptors (Lipinski definition) is 5. The molecule has 7 heteroatoms. The van der Waals surface area contributed by atoms with Crippen molar-refractivity contribution in [1.82, 2.24) is 30.8 Å². The summed E-state index contributed by atoms with van der Waals surface area (Å²) in [6.07, 6.45) is 3.68. The number of hydrogen-bond donors (Lipinski definition) is 2. The second kappa shape index (κ2) is 7.33. The average molecular weight is 280 g/mol. The Morgan fingerprint density at radius 1 is 1.55 bits per heavy atom. The minimum absolute atomic E-state index is 0.135. The highest BCUT2D eigenvalue weighted by atomic mass is 16.1. The summed E-state index contributed by atoms with van der Waals surface area (Å²) in [5, 5.41) is 16.7. The number of nitrogens with zero attached hydrogens (tertiary/aromatic N) is 4. The summed E-state index contributed by atoms with van der Waals surface area (Å²) in [5.74, 6) is 1.02. The maximum Gasteiger partial charge on any atom is 0.224 e. The lowest BCUT2D eigenvalue weighted by atomic mass is 9.96. The first-order valence-corrected chi connectivity index (χ1v) is 7.41. The van der Waals surface area contributed by atoms with Crippen molar-refractivity contribution in [2.75, 3.05) is 19.6 Å². The Morgan fingerprint density at radius 3 is 3.10 bits per heavy atom. The van der Waals surface area contributed by atoms with E-state index in [-0.39, 0.29) is 11.8 Å². The van der Waals surface area contributed by atoms with Crippen LogP contribution in [0.25, 0.3) is 0 Å². The van der Waals surface area contributed by atoms with Gasteiger partial charge in [-0.05, 0) is 39.7 Å². The standard InChI is InChI=1S/C13H24N6O/c1-10(2)19-8-4-5-11(9-19)13(20)14-7-3-6-12-15-17-18-16-12/h10-11H,3-9H2,1-2H3,(H,14,20)(H,15,16,17,18)/t11-/m0/s1. The highest BCUT2D eigenvalue weighted by molar-refractivity contribution is 5.78. The first-order chi connectivity index (χ1) is 9.66. The minimum Gasteiger partial charge on any atom is -0.356 e. The van der Waals surface area contributed by atoms with Crippen molar-refractivity contribution in [3.8, 4) is 0 Å². The Hall–Kier alpha value is -1.50. The van der Waals surface area contributed by atoms with E-state index >= 15 is 0 Å². The molecule has 0 saturated carbocycles. The second-order valence-electron chi connectivity index (χ2n) is 5.65. The van der Waals surface area contributed by atoms with E-state index in [0.717, 1.165) is 38.8 Å². The molecule has 1 aliphatic rings. The predicted octanol–water partition coefficient (Wildman–Crippen LogP) is 0.369. The van der Waals surface area contributed by atoms with Crippen molar-refractivity contribution in [3.63, 3.8) is 0 Å². The van der Waals surface area contributed by atoms with Crippen LogP contribution in [0.1, 0.15) is 38.9 Å². The van der Waals surface area contributed by atoms with Gasteiger partial charge in [0.1, 0.15) is 0 Å². The summed E-state index contributed by atoms with van der Waals surface area (Å²) in [4.78, 5) is 14.5. The Balaban J connectivity index is 1.66. The van der Waals surface area contributed by atoms with Crippen molar-refractivity contribution in [2.24, 2.45) is 5.92 Å². The van der Waals surface area contributed by atoms with Gasteiger partial charge in [-0.25, -0.2) is 0 Å². The number of tetrazole rings is 1. The molecule has 1 aromatic heterocycles. The summed E-state index contributed by atoms with van der Waals surface area (Å²) in [6, 6.07) is 0.517. The van der Waals surface area contributed by atoms with E-state index in [1.54, 1.807) is 0 Å². The van der Waals surface area contributed by atoms with Gasteiger partial charge in [0, 0.05) is 25.6 Å². The molecule has 0 aliphatic carbocycles. The van der Waals surface area contributed by atoms with E-state index in [1.807, 2.05) is 0 Å². The van der Waals surface area contributed by atoms with E-state index in [2.05, 4.69) is 44.7 Å². The van der Waals surface area contributed by atoms with Gasteiger partial charge in [0.15, 0.2) is 5.82 Å². The van der Waals surface area contributed by atoms with Gasteiger partial charge in [-0.15, -0.1) is 10.2 Å². The predicted molar refractivity (Wildman–Crippen MR) is 74.9 cm³/mol. The molecule has 7 nitrogen and oxygen atoms in total. The molecular weight excluding hydrogens is 256 g/mol. The molecule has 1 atom stereocenters. The molecule has 2 rings (SSSR count). The lowest BCUT2D eigenvalue weighted by molar-refractivity contribution is -0.126. The number of likely N-dealkylation sites (tertiary alicyclic amines) is 1. The zero-order valence-electron chi connectivity index (χ0n) is 12.3. The topological polar surface area (TPSA) is 86.8 Å². The van der Waals surface area contributed by atoms with Crippen molar-refractivity contribution in [2.45, 2.75) is 45.6 Å². The van der Waals surface area contributed by atoms with Gasteiger partial charge in [0.25, 0.3) is 0 Å². The SMILES string of the molecule is CC(C)N1CCC[C@H](C(=O)NCCCc2nn[nH]n2)C1. The number of aromatic amines is 1. The Kier molecular flexibility index (Phi) is 5.46. The van der Waals surface area contributed by atoms with Crippen LogP contribution in [0, 0.1) is 5.92 Å². The quantitative estimate of drug-likeness (QED) is 0.735. The van der Waals surface area contributed by atoms with Crippen molar-refractivity contribution in [3.05, 3.63) is 5.82 Å². The number of H-pyrrole nitrogens is 1. The van der Waals surface area contributed by atoms with Crippen LogP contribution >= 0.6 is 0 Å². The van der Waals surface area contributed by atoms with Gasteiger partial charge >= 0.3 is 0 Å². The fourth-order valence-electron chi connectivity index (χ4n) is 2.58. The summed E-state index contributed by atoms with van der Waals surface area (Å²) in [5.41, 5.74) is 0. The molecular formula is C13H24N6O. The smallest absolute Gasteiger partial charge is 0.224 e. The fraction of sp³-hybridized carbons (Fsp3) is 0.846. The fourth-order valence-corrected chi connectivity index (χ4v) is 2.58. The number of nitrogens with one attached hydrogen (secondary N) is 2. The maximum absolute atomic E-state index is 12.1. The molecule has 1 amide bonds. The zero-order valence-corrected chi connectivity index (χ0v) is 12.3. The van der Waals surface area contributed by atoms with Gasteiger partial charge in [0.2, 0.25) is 5.91 Å². The first kappa shape index (κ1) is 14.9. The van der Waals surface area contributed by atoms with E-state index in [1.165, 1.54) is 0 Å². The monoisotopic (exact) mass is 280 g/mol. The molecule has 0 spiro atoms. The normalized spacial score (nSPS) is 20.2. The minimum atomic E-state index is 0.135. The third-order valence-electron chi connectivity index (χ3n) is 3.82. The van der Waals surface area contributed by atoms with E-state index in [9.17, 15) is 4.79 Å². The number of carbonyl (C=O) groups excluding carboxylic acids is 1. The first-order valence-electron chi connectivity index (χ1n) is 7.41. The average Bonchev–Trinajstić information content (AvgIpc) is 2.96. The third-order valence-corrected chi connectivity index (χ3v) is 3.82. The van der Waals surface area contributed by atoms with Crippen LogP contribution in [0.15, 0.2) is 0 Å². The summed E-state index contributed by atoms with van der Waals surface area (Å²) < 4.78 is 0.